The van der Waals surface area contributed by atoms with E-state index in [4.69, 9.17) is 21.5 Å². The van der Waals surface area contributed by atoms with Gasteiger partial charge in [-0.2, -0.15) is 0 Å². The monoisotopic (exact) mass is 312 g/mol. The van der Waals surface area contributed by atoms with E-state index in [2.05, 4.69) is 4.98 Å². The number of aromatic nitrogens is 1. The summed E-state index contributed by atoms with van der Waals surface area (Å²) < 4.78 is 28.6. The maximum Gasteiger partial charge on any atom is 0.241 e. The van der Waals surface area contributed by atoms with Crippen molar-refractivity contribution in [3.8, 4) is 5.75 Å². The third-order valence-corrected chi connectivity index (χ3v) is 3.92. The van der Waals surface area contributed by atoms with Crippen LogP contribution in [0.25, 0.3) is 0 Å². The molecule has 1 aromatic heterocycles. The molecule has 0 aliphatic rings. The summed E-state index contributed by atoms with van der Waals surface area (Å²) in [6.45, 7) is 1.91. The van der Waals surface area contributed by atoms with E-state index in [1.807, 2.05) is 0 Å². The summed E-state index contributed by atoms with van der Waals surface area (Å²) in [5.74, 6) is 0.200. The standard InChI is InChI=1S/C13H13ClN2O3S/c1-9-2-3-12(13(6-9)20(15,17)18)19-8-10-4-5-16-7-11(10)14/h2-7H,8H2,1H3,(H2,15,17,18). The van der Waals surface area contributed by atoms with Crippen LogP contribution >= 0.6 is 11.6 Å². The molecule has 1 aromatic carbocycles. The van der Waals surface area contributed by atoms with E-state index in [9.17, 15) is 8.42 Å². The first-order valence-electron chi connectivity index (χ1n) is 5.72. The third-order valence-electron chi connectivity index (χ3n) is 2.65. The SMILES string of the molecule is Cc1ccc(OCc2ccncc2Cl)c(S(N)(=O)=O)c1. The molecule has 0 saturated heterocycles. The quantitative estimate of drug-likeness (QED) is 0.938. The van der Waals surface area contributed by atoms with E-state index in [1.54, 1.807) is 31.3 Å². The Kier molecular flexibility index (Phi) is 4.27. The molecule has 0 fully saturated rings. The first-order chi connectivity index (χ1) is 9.38. The van der Waals surface area contributed by atoms with Gasteiger partial charge >= 0.3 is 0 Å². The lowest BCUT2D eigenvalue weighted by Crippen LogP contribution is -2.14. The highest BCUT2D eigenvalue weighted by molar-refractivity contribution is 7.89. The number of benzene rings is 1. The number of ether oxygens (including phenoxy) is 1. The molecule has 0 spiro atoms. The third kappa shape index (κ3) is 3.47. The van der Waals surface area contributed by atoms with Crippen LogP contribution in [0.2, 0.25) is 5.02 Å². The molecule has 1 heterocycles. The zero-order valence-corrected chi connectivity index (χ0v) is 12.3. The van der Waals surface area contributed by atoms with Crippen molar-refractivity contribution in [2.75, 3.05) is 0 Å². The Bertz CT molecular complexity index is 732. The summed E-state index contributed by atoms with van der Waals surface area (Å²) >= 11 is 5.96. The molecule has 7 heteroatoms. The number of aryl methyl sites for hydroxylation is 1. The maximum absolute atomic E-state index is 11.5. The molecule has 0 amide bonds. The predicted molar refractivity (Wildman–Crippen MR) is 76.1 cm³/mol. The first-order valence-corrected chi connectivity index (χ1v) is 7.65. The van der Waals surface area contributed by atoms with Gasteiger partial charge in [-0.15, -0.1) is 0 Å². The van der Waals surface area contributed by atoms with Crippen molar-refractivity contribution in [2.45, 2.75) is 18.4 Å². The summed E-state index contributed by atoms with van der Waals surface area (Å²) in [6, 6.07) is 6.49. The summed E-state index contributed by atoms with van der Waals surface area (Å²) in [7, 11) is -3.84. The van der Waals surface area contributed by atoms with Crippen LogP contribution in [0.15, 0.2) is 41.6 Å². The molecule has 5 nitrogen and oxygen atoms in total. The number of hydrogen-bond acceptors (Lipinski definition) is 4. The van der Waals surface area contributed by atoms with E-state index in [1.165, 1.54) is 12.3 Å². The number of nitrogens with two attached hydrogens (primary N) is 1. The van der Waals surface area contributed by atoms with E-state index < -0.39 is 10.0 Å². The molecule has 2 rings (SSSR count). The van der Waals surface area contributed by atoms with Gasteiger partial charge in [-0.05, 0) is 30.7 Å². The highest BCUT2D eigenvalue weighted by Gasteiger charge is 2.15. The molecule has 106 valence electrons. The number of hydrogen-bond donors (Lipinski definition) is 1. The number of rotatable bonds is 4. The van der Waals surface area contributed by atoms with Crippen LogP contribution in [-0.2, 0) is 16.6 Å². The summed E-state index contributed by atoms with van der Waals surface area (Å²) in [4.78, 5) is 3.83. The van der Waals surface area contributed by atoms with Gasteiger partial charge in [0.25, 0.3) is 0 Å². The Labute approximate surface area is 122 Å². The molecule has 2 N–H and O–H groups in total. The molecule has 0 aliphatic heterocycles. The van der Waals surface area contributed by atoms with Crippen LogP contribution in [0.4, 0.5) is 0 Å². The first kappa shape index (κ1) is 14.8. The fourth-order valence-corrected chi connectivity index (χ4v) is 2.56. The predicted octanol–water partition coefficient (Wildman–Crippen LogP) is 2.27. The number of pyridine rings is 1. The van der Waals surface area contributed by atoms with Crippen LogP contribution < -0.4 is 9.88 Å². The van der Waals surface area contributed by atoms with Crippen molar-refractivity contribution in [1.29, 1.82) is 0 Å². The van der Waals surface area contributed by atoms with Crippen LogP contribution in [0.1, 0.15) is 11.1 Å². The van der Waals surface area contributed by atoms with Gasteiger partial charge < -0.3 is 4.74 Å². The van der Waals surface area contributed by atoms with E-state index in [0.717, 1.165) is 5.56 Å². The van der Waals surface area contributed by atoms with Gasteiger partial charge in [-0.1, -0.05) is 17.7 Å². The summed E-state index contributed by atoms with van der Waals surface area (Å²) in [6.07, 6.45) is 3.08. The Hall–Kier alpha value is -1.63. The lowest BCUT2D eigenvalue weighted by Gasteiger charge is -2.11. The molecular weight excluding hydrogens is 300 g/mol. The Morgan fingerprint density at radius 2 is 2.10 bits per heavy atom. The van der Waals surface area contributed by atoms with Crippen LogP contribution in [0.3, 0.4) is 0 Å². The topological polar surface area (TPSA) is 82.3 Å². The summed E-state index contributed by atoms with van der Waals surface area (Å²) in [5, 5.41) is 5.64. The molecule has 0 atom stereocenters. The van der Waals surface area contributed by atoms with Crippen molar-refractivity contribution in [3.05, 3.63) is 52.8 Å². The van der Waals surface area contributed by atoms with Gasteiger partial charge in [0.1, 0.15) is 17.3 Å². The maximum atomic E-state index is 11.5. The zero-order valence-electron chi connectivity index (χ0n) is 10.7. The van der Waals surface area contributed by atoms with Crippen molar-refractivity contribution in [2.24, 2.45) is 5.14 Å². The van der Waals surface area contributed by atoms with Gasteiger partial charge in [0.05, 0.1) is 5.02 Å². The molecule has 0 aliphatic carbocycles. The molecular formula is C13H13ClN2O3S. The van der Waals surface area contributed by atoms with Gasteiger partial charge in [0.15, 0.2) is 0 Å². The smallest absolute Gasteiger partial charge is 0.241 e. The Morgan fingerprint density at radius 1 is 1.35 bits per heavy atom. The second-order valence-corrected chi connectivity index (χ2v) is 6.19. The number of halogens is 1. The minimum atomic E-state index is -3.84. The average Bonchev–Trinajstić information content (AvgIpc) is 2.38. The fourth-order valence-electron chi connectivity index (χ4n) is 1.63. The fraction of sp³-hybridized carbons (Fsp3) is 0.154. The van der Waals surface area contributed by atoms with Crippen LogP contribution in [-0.4, -0.2) is 13.4 Å². The van der Waals surface area contributed by atoms with E-state index in [0.29, 0.717) is 10.6 Å². The minimum absolute atomic E-state index is 0.0392. The van der Waals surface area contributed by atoms with E-state index in [-0.39, 0.29) is 17.3 Å². The van der Waals surface area contributed by atoms with E-state index >= 15 is 0 Å². The average molecular weight is 313 g/mol. The Balaban J connectivity index is 2.29. The Morgan fingerprint density at radius 3 is 2.75 bits per heavy atom. The highest BCUT2D eigenvalue weighted by atomic mass is 35.5. The van der Waals surface area contributed by atoms with Crippen LogP contribution in [0, 0.1) is 6.92 Å². The van der Waals surface area contributed by atoms with Gasteiger partial charge in [-0.25, -0.2) is 13.6 Å². The molecule has 0 unspecified atom stereocenters. The molecule has 0 bridgehead atoms. The molecule has 0 radical (unpaired) electrons. The lowest BCUT2D eigenvalue weighted by molar-refractivity contribution is 0.298. The number of sulfonamides is 1. The highest BCUT2D eigenvalue weighted by Crippen LogP contribution is 2.25. The number of primary sulfonamides is 1. The summed E-state index contributed by atoms with van der Waals surface area (Å²) in [5.41, 5.74) is 1.49. The minimum Gasteiger partial charge on any atom is -0.487 e. The molecule has 2 aromatic rings. The number of nitrogens with zero attached hydrogens (tertiary/aromatic N) is 1. The molecule has 20 heavy (non-hydrogen) atoms. The second-order valence-electron chi connectivity index (χ2n) is 4.25. The molecule has 0 saturated carbocycles. The van der Waals surface area contributed by atoms with Crippen molar-refractivity contribution in [3.63, 3.8) is 0 Å². The zero-order chi connectivity index (χ0) is 14.8. The van der Waals surface area contributed by atoms with Gasteiger partial charge in [0.2, 0.25) is 10.0 Å². The van der Waals surface area contributed by atoms with Gasteiger partial charge in [0, 0.05) is 18.0 Å². The lowest BCUT2D eigenvalue weighted by atomic mass is 10.2. The van der Waals surface area contributed by atoms with Crippen LogP contribution in [0.5, 0.6) is 5.75 Å². The normalized spacial score (nSPS) is 11.3. The van der Waals surface area contributed by atoms with Gasteiger partial charge in [-0.3, -0.25) is 4.98 Å². The van der Waals surface area contributed by atoms with Crippen molar-refractivity contribution >= 4 is 21.6 Å². The second kappa shape index (κ2) is 5.78. The van der Waals surface area contributed by atoms with Crippen molar-refractivity contribution < 1.29 is 13.2 Å². The van der Waals surface area contributed by atoms with Crippen molar-refractivity contribution in [1.82, 2.24) is 4.98 Å². The largest absolute Gasteiger partial charge is 0.487 e.